The van der Waals surface area contributed by atoms with Crippen LogP contribution in [0.4, 0.5) is 29.3 Å². The average Bonchev–Trinajstić information content (AvgIpc) is 3.19. The lowest BCUT2D eigenvalue weighted by Crippen LogP contribution is -2.62. The molecule has 2 aromatic rings. The minimum absolute atomic E-state index is 0.0645. The van der Waals surface area contributed by atoms with Gasteiger partial charge in [0.05, 0.1) is 5.60 Å². The summed E-state index contributed by atoms with van der Waals surface area (Å²) in [5, 5.41) is 16.3. The first-order valence-electron chi connectivity index (χ1n) is 14.0. The molecule has 7 rings (SSSR count). The Bertz CT molecular complexity index is 1280. The Morgan fingerprint density at radius 1 is 1.05 bits per heavy atom. The summed E-state index contributed by atoms with van der Waals surface area (Å²) in [6.07, 6.45) is 1.57. The molecule has 1 aliphatic heterocycles. The van der Waals surface area contributed by atoms with Crippen LogP contribution in [0, 0.1) is 30.6 Å². The van der Waals surface area contributed by atoms with Gasteiger partial charge in [0.1, 0.15) is 5.75 Å². The molecule has 4 bridgehead atoms. The largest absolute Gasteiger partial charge is 0.573 e. The van der Waals surface area contributed by atoms with E-state index in [2.05, 4.69) is 20.3 Å². The molecule has 3 unspecified atom stereocenters. The molecule has 4 aliphatic carbocycles. The quantitative estimate of drug-likeness (QED) is 0.415. The summed E-state index contributed by atoms with van der Waals surface area (Å²) in [5.41, 5.74) is 2.41. The van der Waals surface area contributed by atoms with Crippen LogP contribution >= 0.6 is 0 Å². The number of hydrogen-bond acceptors (Lipinski definition) is 4. The maximum Gasteiger partial charge on any atom is 0.573 e. The lowest BCUT2D eigenvalue weighted by Gasteiger charge is -2.59. The number of anilines is 2. The number of nitrogens with zero attached hydrogens (tertiary/aromatic N) is 1. The van der Waals surface area contributed by atoms with E-state index in [-0.39, 0.29) is 23.6 Å². The summed E-state index contributed by atoms with van der Waals surface area (Å²) < 4.78 is 40.8. The molecular formula is C30H34F3N3O4. The van der Waals surface area contributed by atoms with Gasteiger partial charge in [0.15, 0.2) is 0 Å². The van der Waals surface area contributed by atoms with E-state index in [9.17, 15) is 27.9 Å². The van der Waals surface area contributed by atoms with Crippen molar-refractivity contribution in [2.24, 2.45) is 23.7 Å². The van der Waals surface area contributed by atoms with Crippen LogP contribution in [0.2, 0.25) is 0 Å². The number of amides is 3. The zero-order chi connectivity index (χ0) is 28.2. The standard InChI is InChI=1S/C30H34F3N3O4/c1-17-10-24(35-28(38)34-23-4-6-25(7-5-23)40-30(31,32)33)3-2-19(17)13-20-8-9-36(27(20)37)26-21-11-18-12-22(26)16-29(39,14-18)15-21/h2-7,10,18,20-22,26,39H,8-9,11-16H2,1H3,(H2,34,35,38). The Morgan fingerprint density at radius 2 is 1.70 bits per heavy atom. The van der Waals surface area contributed by atoms with Gasteiger partial charge in [-0.1, -0.05) is 6.07 Å². The minimum atomic E-state index is -4.78. The van der Waals surface area contributed by atoms with E-state index in [1.54, 1.807) is 6.07 Å². The van der Waals surface area contributed by atoms with E-state index in [0.717, 1.165) is 68.3 Å². The molecule has 0 radical (unpaired) electrons. The van der Waals surface area contributed by atoms with Gasteiger partial charge < -0.3 is 25.4 Å². The van der Waals surface area contributed by atoms with Gasteiger partial charge in [-0.3, -0.25) is 4.79 Å². The SMILES string of the molecule is Cc1cc(NC(=O)Nc2ccc(OC(F)(F)F)cc2)ccc1CC1CCN(C2C3CC4CC2CC(O)(C4)C3)C1=O. The molecule has 3 amide bonds. The number of carbonyl (C=O) groups excluding carboxylic acids is 2. The van der Waals surface area contributed by atoms with Gasteiger partial charge in [0.2, 0.25) is 5.91 Å². The number of urea groups is 1. The molecule has 3 N–H and O–H groups in total. The Hall–Kier alpha value is -3.27. The number of aliphatic hydroxyl groups is 1. The molecule has 1 heterocycles. The normalized spacial score (nSPS) is 31.0. The van der Waals surface area contributed by atoms with Crippen LogP contribution < -0.4 is 15.4 Å². The second kappa shape index (κ2) is 9.98. The van der Waals surface area contributed by atoms with Crippen molar-refractivity contribution in [3.05, 3.63) is 53.6 Å². The summed E-state index contributed by atoms with van der Waals surface area (Å²) in [6.45, 7) is 2.74. The fourth-order valence-corrected chi connectivity index (χ4v) is 8.01. The summed E-state index contributed by atoms with van der Waals surface area (Å²) >= 11 is 0. The summed E-state index contributed by atoms with van der Waals surface area (Å²) in [4.78, 5) is 28.1. The predicted molar refractivity (Wildman–Crippen MR) is 143 cm³/mol. The molecule has 5 fully saturated rings. The molecule has 1 saturated heterocycles. The van der Waals surface area contributed by atoms with E-state index in [1.807, 2.05) is 19.1 Å². The number of nitrogens with one attached hydrogen (secondary N) is 2. The van der Waals surface area contributed by atoms with Crippen LogP contribution in [0.1, 0.15) is 49.7 Å². The van der Waals surface area contributed by atoms with Crippen LogP contribution in [0.25, 0.3) is 0 Å². The number of rotatable bonds is 6. The van der Waals surface area contributed by atoms with E-state index in [0.29, 0.717) is 35.5 Å². The summed E-state index contributed by atoms with van der Waals surface area (Å²) in [5.74, 6) is 1.25. The third kappa shape index (κ3) is 5.50. The molecule has 7 nitrogen and oxygen atoms in total. The van der Waals surface area contributed by atoms with E-state index >= 15 is 0 Å². The Morgan fingerprint density at radius 3 is 2.33 bits per heavy atom. The van der Waals surface area contributed by atoms with Crippen molar-refractivity contribution in [2.75, 3.05) is 17.2 Å². The van der Waals surface area contributed by atoms with Crippen LogP contribution in [0.5, 0.6) is 5.75 Å². The average molecular weight is 558 g/mol. The summed E-state index contributed by atoms with van der Waals surface area (Å²) in [6, 6.07) is 10.2. The maximum atomic E-state index is 13.5. The van der Waals surface area contributed by atoms with Gasteiger partial charge in [0, 0.05) is 29.9 Å². The lowest BCUT2D eigenvalue weighted by atomic mass is 9.52. The lowest BCUT2D eigenvalue weighted by molar-refractivity contribution is -0.274. The Kier molecular flexibility index (Phi) is 6.71. The van der Waals surface area contributed by atoms with Crippen molar-refractivity contribution in [2.45, 2.75) is 69.9 Å². The van der Waals surface area contributed by atoms with E-state index in [4.69, 9.17) is 0 Å². The molecule has 40 heavy (non-hydrogen) atoms. The van der Waals surface area contributed by atoms with Crippen LogP contribution in [0.3, 0.4) is 0 Å². The highest BCUT2D eigenvalue weighted by molar-refractivity contribution is 5.99. The third-order valence-corrected chi connectivity index (χ3v) is 9.31. The number of alkyl halides is 3. The highest BCUT2D eigenvalue weighted by Gasteiger charge is 2.57. The minimum Gasteiger partial charge on any atom is -0.406 e. The molecule has 5 aliphatic rings. The first kappa shape index (κ1) is 26.9. The van der Waals surface area contributed by atoms with Crippen LogP contribution in [-0.4, -0.2) is 46.5 Å². The van der Waals surface area contributed by atoms with Crippen molar-refractivity contribution < 1.29 is 32.6 Å². The fraction of sp³-hybridized carbons (Fsp3) is 0.533. The monoisotopic (exact) mass is 557 g/mol. The fourth-order valence-electron chi connectivity index (χ4n) is 8.01. The Balaban J connectivity index is 1.04. The molecule has 0 spiro atoms. The predicted octanol–water partition coefficient (Wildman–Crippen LogP) is 5.87. The number of carbonyl (C=O) groups is 2. The smallest absolute Gasteiger partial charge is 0.406 e. The van der Waals surface area contributed by atoms with Crippen LogP contribution in [0.15, 0.2) is 42.5 Å². The van der Waals surface area contributed by atoms with Crippen molar-refractivity contribution in [3.63, 3.8) is 0 Å². The molecule has 2 aromatic carbocycles. The second-order valence-corrected chi connectivity index (χ2v) is 12.2. The van der Waals surface area contributed by atoms with Crippen molar-refractivity contribution in [1.82, 2.24) is 4.90 Å². The maximum absolute atomic E-state index is 13.5. The van der Waals surface area contributed by atoms with Gasteiger partial charge in [-0.2, -0.15) is 0 Å². The number of benzene rings is 2. The number of halogens is 3. The second-order valence-electron chi connectivity index (χ2n) is 12.2. The molecule has 0 aromatic heterocycles. The number of aryl methyl sites for hydroxylation is 1. The van der Waals surface area contributed by atoms with E-state index < -0.39 is 18.0 Å². The zero-order valence-electron chi connectivity index (χ0n) is 22.3. The topological polar surface area (TPSA) is 90.9 Å². The Labute approximate surface area is 231 Å². The van der Waals surface area contributed by atoms with Gasteiger partial charge in [-0.25, -0.2) is 4.79 Å². The van der Waals surface area contributed by atoms with Crippen molar-refractivity contribution in [1.29, 1.82) is 0 Å². The zero-order valence-corrected chi connectivity index (χ0v) is 22.3. The molecule has 3 atom stereocenters. The molecule has 4 saturated carbocycles. The number of likely N-dealkylation sites (tertiary alicyclic amines) is 1. The first-order valence-corrected chi connectivity index (χ1v) is 14.0. The highest BCUT2D eigenvalue weighted by Crippen LogP contribution is 2.57. The molecule has 10 heteroatoms. The highest BCUT2D eigenvalue weighted by atomic mass is 19.4. The van der Waals surface area contributed by atoms with Crippen molar-refractivity contribution in [3.8, 4) is 5.75 Å². The first-order chi connectivity index (χ1) is 18.9. The van der Waals surface area contributed by atoms with Crippen molar-refractivity contribution >= 4 is 23.3 Å². The van der Waals surface area contributed by atoms with Gasteiger partial charge >= 0.3 is 12.4 Å². The summed E-state index contributed by atoms with van der Waals surface area (Å²) in [7, 11) is 0. The number of ether oxygens (including phenoxy) is 1. The molecular weight excluding hydrogens is 523 g/mol. The van der Waals surface area contributed by atoms with Gasteiger partial charge in [-0.15, -0.1) is 13.2 Å². The van der Waals surface area contributed by atoms with Gasteiger partial charge in [0.25, 0.3) is 0 Å². The number of hydrogen-bond donors (Lipinski definition) is 3. The van der Waals surface area contributed by atoms with Crippen LogP contribution in [-0.2, 0) is 11.2 Å². The molecule has 214 valence electrons. The third-order valence-electron chi connectivity index (χ3n) is 9.31. The van der Waals surface area contributed by atoms with E-state index in [1.165, 1.54) is 12.1 Å². The van der Waals surface area contributed by atoms with Gasteiger partial charge in [-0.05, 0) is 117 Å².